The Morgan fingerprint density at radius 2 is 1.07 bits per heavy atom. The van der Waals surface area contributed by atoms with Gasteiger partial charge in [-0.05, 0) is 56.3 Å². The topological polar surface area (TPSA) is 128 Å². The molecule has 0 unspecified atom stereocenters. The normalized spacial score (nSPS) is 10.7. The summed E-state index contributed by atoms with van der Waals surface area (Å²) in [7, 11) is 0. The number of carbonyl (C=O) groups is 2. The molecule has 5 rings (SSSR count). The van der Waals surface area contributed by atoms with E-state index in [1.165, 1.54) is 0 Å². The van der Waals surface area contributed by atoms with Crippen molar-refractivity contribution in [3.05, 3.63) is 84.9 Å². The second kappa shape index (κ2) is 12.0. The highest BCUT2D eigenvalue weighted by molar-refractivity contribution is 5.79. The van der Waals surface area contributed by atoms with Crippen molar-refractivity contribution in [1.29, 1.82) is 0 Å². The molecule has 0 aliphatic carbocycles. The first kappa shape index (κ1) is 26.2. The zero-order chi connectivity index (χ0) is 27.9. The van der Waals surface area contributed by atoms with Gasteiger partial charge in [0.2, 0.25) is 0 Å². The fraction of sp³-hybridized carbons (Fsp3) is 0.133. The summed E-state index contributed by atoms with van der Waals surface area (Å²) < 4.78 is 20.5. The molecule has 0 fully saturated rings. The molecule has 0 saturated carbocycles. The van der Waals surface area contributed by atoms with Gasteiger partial charge in [-0.1, -0.05) is 42.5 Å². The fourth-order valence-electron chi connectivity index (χ4n) is 4.08. The molecule has 0 aliphatic heterocycles. The quantitative estimate of drug-likeness (QED) is 0.162. The summed E-state index contributed by atoms with van der Waals surface area (Å²) in [6.45, 7) is 3.87. The molecule has 10 nitrogen and oxygen atoms in total. The SMILES string of the molecule is CCOC(=O)Oc1ccccc1-c1cc(-c2cccc(-c3cc(-c4ccccc4OC(=O)OCC)[nH]n3)c2)n[nH]1. The first-order valence-corrected chi connectivity index (χ1v) is 12.6. The van der Waals surface area contributed by atoms with E-state index >= 15 is 0 Å². The van der Waals surface area contributed by atoms with Gasteiger partial charge in [-0.2, -0.15) is 10.2 Å². The van der Waals surface area contributed by atoms with Gasteiger partial charge < -0.3 is 18.9 Å². The van der Waals surface area contributed by atoms with E-state index in [0.29, 0.717) is 45.4 Å². The molecule has 0 atom stereocenters. The van der Waals surface area contributed by atoms with Crippen LogP contribution in [0.15, 0.2) is 84.9 Å². The molecular weight excluding hydrogens is 512 g/mol. The summed E-state index contributed by atoms with van der Waals surface area (Å²) in [5.74, 6) is 0.724. The zero-order valence-electron chi connectivity index (χ0n) is 21.8. The summed E-state index contributed by atoms with van der Waals surface area (Å²) in [6, 6.07) is 25.8. The first-order valence-electron chi connectivity index (χ1n) is 12.6. The predicted octanol–water partition coefficient (Wildman–Crippen LogP) is 6.87. The molecule has 0 spiro atoms. The Balaban J connectivity index is 1.39. The van der Waals surface area contributed by atoms with E-state index in [0.717, 1.165) is 11.1 Å². The van der Waals surface area contributed by atoms with Crippen LogP contribution in [0.1, 0.15) is 13.8 Å². The molecule has 202 valence electrons. The van der Waals surface area contributed by atoms with E-state index in [-0.39, 0.29) is 13.2 Å². The largest absolute Gasteiger partial charge is 0.513 e. The van der Waals surface area contributed by atoms with Crippen LogP contribution in [0.4, 0.5) is 9.59 Å². The minimum absolute atomic E-state index is 0.219. The number of nitrogens with one attached hydrogen (secondary N) is 2. The van der Waals surface area contributed by atoms with Crippen LogP contribution in [0.3, 0.4) is 0 Å². The lowest BCUT2D eigenvalue weighted by molar-refractivity contribution is 0.103. The number of carbonyl (C=O) groups excluding carboxylic acids is 2. The van der Waals surface area contributed by atoms with Gasteiger partial charge in [0, 0.05) is 22.3 Å². The van der Waals surface area contributed by atoms with Gasteiger partial charge >= 0.3 is 12.3 Å². The van der Waals surface area contributed by atoms with Crippen molar-refractivity contribution >= 4 is 12.3 Å². The van der Waals surface area contributed by atoms with Crippen molar-refractivity contribution in [3.8, 4) is 56.5 Å². The van der Waals surface area contributed by atoms with Crippen LogP contribution in [-0.2, 0) is 9.47 Å². The molecule has 3 aromatic carbocycles. The van der Waals surface area contributed by atoms with Gasteiger partial charge in [-0.3, -0.25) is 10.2 Å². The Morgan fingerprint density at radius 1 is 0.625 bits per heavy atom. The summed E-state index contributed by atoms with van der Waals surface area (Å²) in [6.07, 6.45) is -1.54. The van der Waals surface area contributed by atoms with Crippen molar-refractivity contribution in [3.63, 3.8) is 0 Å². The molecule has 0 bridgehead atoms. The minimum Gasteiger partial charge on any atom is -0.434 e. The van der Waals surface area contributed by atoms with Crippen molar-refractivity contribution in [2.45, 2.75) is 13.8 Å². The van der Waals surface area contributed by atoms with Gasteiger partial charge in [0.05, 0.1) is 36.0 Å². The van der Waals surface area contributed by atoms with Crippen LogP contribution in [-0.4, -0.2) is 45.9 Å². The van der Waals surface area contributed by atoms with Crippen LogP contribution in [0.25, 0.3) is 45.0 Å². The highest BCUT2D eigenvalue weighted by Gasteiger charge is 2.16. The van der Waals surface area contributed by atoms with E-state index in [2.05, 4.69) is 20.4 Å². The van der Waals surface area contributed by atoms with Crippen molar-refractivity contribution in [2.75, 3.05) is 13.2 Å². The Labute approximate surface area is 229 Å². The molecule has 2 N–H and O–H groups in total. The highest BCUT2D eigenvalue weighted by Crippen LogP contribution is 2.34. The lowest BCUT2D eigenvalue weighted by Crippen LogP contribution is -2.10. The third kappa shape index (κ3) is 5.86. The maximum atomic E-state index is 11.9. The van der Waals surface area contributed by atoms with Gasteiger partial charge in [-0.15, -0.1) is 0 Å². The van der Waals surface area contributed by atoms with E-state index in [4.69, 9.17) is 18.9 Å². The fourth-order valence-corrected chi connectivity index (χ4v) is 4.08. The van der Waals surface area contributed by atoms with Crippen LogP contribution in [0.2, 0.25) is 0 Å². The number of hydrogen-bond donors (Lipinski definition) is 2. The number of aromatic nitrogens is 4. The number of benzene rings is 3. The summed E-state index contributed by atoms with van der Waals surface area (Å²) in [5, 5.41) is 15.0. The van der Waals surface area contributed by atoms with Crippen molar-refractivity contribution in [1.82, 2.24) is 20.4 Å². The van der Waals surface area contributed by atoms with E-state index in [1.807, 2.05) is 60.7 Å². The minimum atomic E-state index is -0.768. The number of H-pyrrole nitrogens is 2. The Bertz CT molecular complexity index is 1520. The molecule has 5 aromatic rings. The summed E-state index contributed by atoms with van der Waals surface area (Å²) >= 11 is 0. The van der Waals surface area contributed by atoms with Crippen LogP contribution >= 0.6 is 0 Å². The zero-order valence-corrected chi connectivity index (χ0v) is 21.8. The van der Waals surface area contributed by atoms with Gasteiger partial charge in [0.15, 0.2) is 0 Å². The molecule has 10 heteroatoms. The van der Waals surface area contributed by atoms with E-state index < -0.39 is 12.3 Å². The molecule has 2 heterocycles. The third-order valence-corrected chi connectivity index (χ3v) is 5.88. The Hall–Kier alpha value is -5.38. The number of nitrogens with zero attached hydrogens (tertiary/aromatic N) is 2. The standard InChI is InChI=1S/C30H26N4O6/c1-3-37-29(35)39-27-14-7-5-12-21(27)25-17-23(31-33-25)19-10-9-11-20(16-19)24-18-26(34-32-24)22-13-6-8-15-28(22)40-30(36)38-4-2/h5-18H,3-4H2,1-2H3,(H,31,33)(H,32,34). The number of aromatic amines is 2. The smallest absolute Gasteiger partial charge is 0.434 e. The number of hydrogen-bond acceptors (Lipinski definition) is 8. The second-order valence-electron chi connectivity index (χ2n) is 8.48. The van der Waals surface area contributed by atoms with Gasteiger partial charge in [-0.25, -0.2) is 9.59 Å². The molecule has 2 aromatic heterocycles. The highest BCUT2D eigenvalue weighted by atomic mass is 16.7. The van der Waals surface area contributed by atoms with Gasteiger partial charge in [0.1, 0.15) is 11.5 Å². The van der Waals surface area contributed by atoms with Crippen LogP contribution < -0.4 is 9.47 Å². The summed E-state index contributed by atoms with van der Waals surface area (Å²) in [4.78, 5) is 23.7. The lowest BCUT2D eigenvalue weighted by Gasteiger charge is -2.08. The average molecular weight is 539 g/mol. The number of rotatable bonds is 8. The Kier molecular flexibility index (Phi) is 7.87. The second-order valence-corrected chi connectivity index (χ2v) is 8.48. The van der Waals surface area contributed by atoms with Crippen molar-refractivity contribution in [2.24, 2.45) is 0 Å². The molecule has 0 saturated heterocycles. The molecule has 0 amide bonds. The van der Waals surface area contributed by atoms with E-state index in [9.17, 15) is 9.59 Å². The monoisotopic (exact) mass is 538 g/mol. The molecular formula is C30H26N4O6. The first-order chi connectivity index (χ1) is 19.6. The maximum Gasteiger partial charge on any atom is 0.513 e. The lowest BCUT2D eigenvalue weighted by atomic mass is 10.0. The van der Waals surface area contributed by atoms with Gasteiger partial charge in [0.25, 0.3) is 0 Å². The molecule has 0 aliphatic rings. The van der Waals surface area contributed by atoms with E-state index in [1.54, 1.807) is 38.1 Å². The molecule has 40 heavy (non-hydrogen) atoms. The molecule has 0 radical (unpaired) electrons. The predicted molar refractivity (Wildman–Crippen MR) is 148 cm³/mol. The number of ether oxygens (including phenoxy) is 4. The summed E-state index contributed by atoms with van der Waals surface area (Å²) in [5.41, 5.74) is 5.83. The Morgan fingerprint density at radius 3 is 1.52 bits per heavy atom. The number of para-hydroxylation sites is 2. The third-order valence-electron chi connectivity index (χ3n) is 5.88. The van der Waals surface area contributed by atoms with Crippen LogP contribution in [0, 0.1) is 0 Å². The average Bonchev–Trinajstić information content (AvgIpc) is 3.65. The van der Waals surface area contributed by atoms with Crippen LogP contribution in [0.5, 0.6) is 11.5 Å². The maximum absolute atomic E-state index is 11.9. The van der Waals surface area contributed by atoms with Crippen molar-refractivity contribution < 1.29 is 28.5 Å².